The monoisotopic (exact) mass is 608 g/mol. The molecular weight excluding hydrogens is 561 g/mol. The van der Waals surface area contributed by atoms with Crippen molar-refractivity contribution in [3.63, 3.8) is 0 Å². The van der Waals surface area contributed by atoms with E-state index in [1.54, 1.807) is 0 Å². The van der Waals surface area contributed by atoms with Gasteiger partial charge in [0.15, 0.2) is 14.1 Å². The van der Waals surface area contributed by atoms with Crippen LogP contribution in [0.3, 0.4) is 0 Å². The van der Waals surface area contributed by atoms with Crippen LogP contribution in [0, 0.1) is 23.7 Å². The first-order valence-electron chi connectivity index (χ1n) is 14.4. The molecule has 214 valence electrons. The van der Waals surface area contributed by atoms with E-state index in [4.69, 9.17) is 13.9 Å². The fraction of sp³-hybridized carbons (Fsp3) is 0.963. The van der Waals surface area contributed by atoms with Gasteiger partial charge in [-0.15, -0.1) is 23.5 Å². The Morgan fingerprint density at radius 2 is 1.59 bits per heavy atom. The Balaban J connectivity index is 1.63. The predicted octanol–water partition coefficient (Wildman–Crippen LogP) is 6.00. The number of carbonyl (C=O) groups excluding carboxylic acids is 1. The molecule has 10 heteroatoms. The van der Waals surface area contributed by atoms with E-state index in [0.29, 0.717) is 19.0 Å². The smallest absolute Gasteiger partial charge is 0.192 e. The van der Waals surface area contributed by atoms with Gasteiger partial charge in [-0.1, -0.05) is 34.6 Å². The van der Waals surface area contributed by atoms with E-state index in [0.717, 1.165) is 59.7 Å². The molecule has 0 aromatic rings. The van der Waals surface area contributed by atoms with Crippen molar-refractivity contribution < 1.29 is 23.8 Å². The molecule has 4 saturated heterocycles. The first-order chi connectivity index (χ1) is 17.8. The third-order valence-electron chi connectivity index (χ3n) is 9.56. The number of ketones is 1. The van der Waals surface area contributed by atoms with Crippen LogP contribution in [0.4, 0.5) is 0 Å². The van der Waals surface area contributed by atoms with Gasteiger partial charge in [0.1, 0.15) is 5.78 Å². The maximum Gasteiger partial charge on any atom is 0.192 e. The van der Waals surface area contributed by atoms with Crippen LogP contribution in [0.15, 0.2) is 0 Å². The summed E-state index contributed by atoms with van der Waals surface area (Å²) in [7, 11) is -2.01. The summed E-state index contributed by atoms with van der Waals surface area (Å²) in [5.41, 5.74) is 0. The number of rotatable bonds is 11. The lowest BCUT2D eigenvalue weighted by molar-refractivity contribution is -0.216. The summed E-state index contributed by atoms with van der Waals surface area (Å²) in [6.07, 6.45) is 1.03. The van der Waals surface area contributed by atoms with E-state index in [1.165, 1.54) is 0 Å². The molecule has 4 rings (SSSR count). The number of Topliss-reactive ketones (excluding diaryl/α,β-unsaturated/α-hetero) is 1. The molecule has 0 unspecified atom stereocenters. The van der Waals surface area contributed by atoms with Crippen LogP contribution in [0.1, 0.15) is 47.5 Å². The van der Waals surface area contributed by atoms with Crippen LogP contribution in [0.25, 0.3) is 0 Å². The standard InChI is InChI=1S/C27H48O5S4Si/c1-6-27(35-14-15-36-27)19(5)23(28)20-16-34-17-21(24(20)29)25(32-37(7-2,8-3)9-4)22-18-33-13-10-26(22)30-11-12-31-26/h19-23,25,28H,6-18H2,1-5H3/t19-,20-,21+,22+,23-,25-/m1/s1. The first-order valence-corrected chi connectivity index (χ1v) is 21.2. The van der Waals surface area contributed by atoms with Gasteiger partial charge in [0.05, 0.1) is 41.3 Å². The summed E-state index contributed by atoms with van der Waals surface area (Å²) in [6, 6.07) is 3.15. The summed E-state index contributed by atoms with van der Waals surface area (Å²) in [4.78, 5) is 14.4. The molecule has 5 nitrogen and oxygen atoms in total. The van der Waals surface area contributed by atoms with Gasteiger partial charge in [-0.05, 0) is 30.3 Å². The van der Waals surface area contributed by atoms with Crippen molar-refractivity contribution in [3.8, 4) is 0 Å². The molecule has 0 amide bonds. The van der Waals surface area contributed by atoms with Crippen molar-refractivity contribution in [1.29, 1.82) is 0 Å². The van der Waals surface area contributed by atoms with Crippen LogP contribution >= 0.6 is 47.0 Å². The molecule has 4 aliphatic rings. The Morgan fingerprint density at radius 1 is 0.973 bits per heavy atom. The SMILES string of the molecule is CCC1([C@H](C)[C@@H](O)[C@H]2CSC[C@H]([C@@H](O[Si](CC)(CC)CC)[C@@H]3CSCCC34OCCO4)C2=O)SCCS1. The van der Waals surface area contributed by atoms with Crippen LogP contribution < -0.4 is 0 Å². The first kappa shape index (κ1) is 31.1. The lowest BCUT2D eigenvalue weighted by Crippen LogP contribution is -2.59. The van der Waals surface area contributed by atoms with Crippen molar-refractivity contribution >= 4 is 61.1 Å². The molecule has 0 saturated carbocycles. The zero-order valence-corrected chi connectivity index (χ0v) is 27.6. The molecule has 6 atom stereocenters. The molecule has 37 heavy (non-hydrogen) atoms. The number of thioether (sulfide) groups is 4. The predicted molar refractivity (Wildman–Crippen MR) is 165 cm³/mol. The minimum absolute atomic E-state index is 0.0114. The number of hydrogen-bond acceptors (Lipinski definition) is 9. The number of carbonyl (C=O) groups is 1. The molecule has 0 aromatic carbocycles. The zero-order chi connectivity index (χ0) is 26.7. The molecule has 0 radical (unpaired) electrons. The van der Waals surface area contributed by atoms with Crippen molar-refractivity contribution in [2.75, 3.05) is 47.7 Å². The van der Waals surface area contributed by atoms with E-state index in [-0.39, 0.29) is 39.6 Å². The molecule has 1 spiro atoms. The van der Waals surface area contributed by atoms with Gasteiger partial charge in [0, 0.05) is 47.0 Å². The van der Waals surface area contributed by atoms with Gasteiger partial charge >= 0.3 is 0 Å². The van der Waals surface area contributed by atoms with Gasteiger partial charge in [0.2, 0.25) is 0 Å². The van der Waals surface area contributed by atoms with Crippen molar-refractivity contribution in [1.82, 2.24) is 0 Å². The molecule has 0 aliphatic carbocycles. The van der Waals surface area contributed by atoms with Crippen molar-refractivity contribution in [2.24, 2.45) is 23.7 Å². The second kappa shape index (κ2) is 13.4. The molecule has 4 fully saturated rings. The molecule has 4 aliphatic heterocycles. The zero-order valence-electron chi connectivity index (χ0n) is 23.4. The average Bonchev–Trinajstić information content (AvgIpc) is 3.61. The Morgan fingerprint density at radius 3 is 2.19 bits per heavy atom. The second-order valence-electron chi connectivity index (χ2n) is 11.1. The van der Waals surface area contributed by atoms with E-state index in [9.17, 15) is 9.90 Å². The van der Waals surface area contributed by atoms with Gasteiger partial charge in [0.25, 0.3) is 0 Å². The highest BCUT2D eigenvalue weighted by Gasteiger charge is 2.56. The molecular formula is C27H48O5S4Si. The summed E-state index contributed by atoms with van der Waals surface area (Å²) < 4.78 is 20.0. The normalized spacial score (nSPS) is 32.5. The Bertz CT molecular complexity index is 749. The summed E-state index contributed by atoms with van der Waals surface area (Å²) in [5, 5.41) is 11.7. The minimum atomic E-state index is -2.01. The average molecular weight is 609 g/mol. The third kappa shape index (κ3) is 6.18. The molecule has 4 heterocycles. The fourth-order valence-corrected chi connectivity index (χ4v) is 15.8. The number of aliphatic hydroxyl groups excluding tert-OH is 1. The van der Waals surface area contributed by atoms with Crippen LogP contribution in [-0.4, -0.2) is 89.0 Å². The summed E-state index contributed by atoms with van der Waals surface area (Å²) in [5.74, 6) is 4.77. The third-order valence-corrected chi connectivity index (χ3v) is 20.6. The van der Waals surface area contributed by atoms with E-state index < -0.39 is 20.2 Å². The number of aliphatic hydroxyl groups is 1. The number of ether oxygens (including phenoxy) is 2. The van der Waals surface area contributed by atoms with Crippen LogP contribution in [-0.2, 0) is 18.7 Å². The van der Waals surface area contributed by atoms with Crippen LogP contribution in [0.2, 0.25) is 18.1 Å². The lowest BCUT2D eigenvalue weighted by Gasteiger charge is -2.49. The molecule has 0 bridgehead atoms. The number of hydrogen-bond donors (Lipinski definition) is 1. The second-order valence-corrected chi connectivity index (χ2v) is 21.1. The minimum Gasteiger partial charge on any atom is -0.413 e. The maximum atomic E-state index is 14.4. The van der Waals surface area contributed by atoms with Crippen LogP contribution in [0.5, 0.6) is 0 Å². The van der Waals surface area contributed by atoms with Gasteiger partial charge in [-0.25, -0.2) is 0 Å². The van der Waals surface area contributed by atoms with Gasteiger partial charge in [-0.2, -0.15) is 23.5 Å². The fourth-order valence-electron chi connectivity index (χ4n) is 6.80. The molecule has 1 N–H and O–H groups in total. The van der Waals surface area contributed by atoms with E-state index >= 15 is 0 Å². The van der Waals surface area contributed by atoms with E-state index in [2.05, 4.69) is 34.6 Å². The maximum absolute atomic E-state index is 14.4. The highest BCUT2D eigenvalue weighted by atomic mass is 32.2. The highest BCUT2D eigenvalue weighted by molar-refractivity contribution is 8.21. The largest absolute Gasteiger partial charge is 0.413 e. The quantitative estimate of drug-likeness (QED) is 0.284. The van der Waals surface area contributed by atoms with Gasteiger partial charge < -0.3 is 19.0 Å². The van der Waals surface area contributed by atoms with E-state index in [1.807, 2.05) is 47.0 Å². The van der Waals surface area contributed by atoms with Gasteiger partial charge in [-0.3, -0.25) is 4.79 Å². The topological polar surface area (TPSA) is 65.0 Å². The Labute approximate surface area is 242 Å². The summed E-state index contributed by atoms with van der Waals surface area (Å²) in [6.45, 7) is 12.4. The molecule has 0 aromatic heterocycles. The Hall–Kier alpha value is 1.13. The lowest BCUT2D eigenvalue weighted by atomic mass is 9.77. The van der Waals surface area contributed by atoms with Crippen molar-refractivity contribution in [3.05, 3.63) is 0 Å². The highest BCUT2D eigenvalue weighted by Crippen LogP contribution is 2.54. The summed E-state index contributed by atoms with van der Waals surface area (Å²) >= 11 is 7.74. The van der Waals surface area contributed by atoms with Crippen molar-refractivity contribution in [2.45, 2.75) is 87.7 Å². The Kier molecular flexibility index (Phi) is 11.3.